The van der Waals surface area contributed by atoms with Crippen molar-refractivity contribution in [1.29, 1.82) is 0 Å². The number of halogens is 4. The fourth-order valence-corrected chi connectivity index (χ4v) is 3.85. The lowest BCUT2D eigenvalue weighted by molar-refractivity contribution is -0.173. The van der Waals surface area contributed by atoms with E-state index in [9.17, 15) is 18.0 Å². The van der Waals surface area contributed by atoms with Crippen LogP contribution in [-0.4, -0.2) is 21.9 Å². The second-order valence-electron chi connectivity index (χ2n) is 7.62. The minimum absolute atomic E-state index is 0.0328. The molecule has 0 saturated heterocycles. The predicted octanol–water partition coefficient (Wildman–Crippen LogP) is 6.07. The van der Waals surface area contributed by atoms with E-state index in [1.807, 2.05) is 19.1 Å². The summed E-state index contributed by atoms with van der Waals surface area (Å²) in [4.78, 5) is 12.9. The van der Waals surface area contributed by atoms with Gasteiger partial charge < -0.3 is 10.6 Å². The lowest BCUT2D eigenvalue weighted by atomic mass is 9.96. The van der Waals surface area contributed by atoms with Gasteiger partial charge in [-0.1, -0.05) is 47.5 Å². The smallest absolute Gasteiger partial charge is 0.363 e. The maximum Gasteiger partial charge on any atom is 0.410 e. The number of carbonyl (C=O) groups excluding carboxylic acids is 1. The Morgan fingerprint density at radius 2 is 1.90 bits per heavy atom. The Kier molecular flexibility index (Phi) is 5.43. The van der Waals surface area contributed by atoms with Crippen molar-refractivity contribution in [3.8, 4) is 0 Å². The fraction of sp³-hybridized carbons (Fsp3) is 0.273. The lowest BCUT2D eigenvalue weighted by Gasteiger charge is -2.34. The number of alkyl halides is 3. The summed E-state index contributed by atoms with van der Waals surface area (Å²) < 4.78 is 42.3. The number of rotatable bonds is 3. The number of benzene rings is 2. The Balaban J connectivity index is 1.70. The quantitative estimate of drug-likeness (QED) is 0.511. The minimum atomic E-state index is -4.51. The van der Waals surface area contributed by atoms with Crippen LogP contribution in [0.25, 0.3) is 0 Å². The molecule has 2 heterocycles. The molecular formula is C22H20ClF3N4O. The number of anilines is 2. The van der Waals surface area contributed by atoms with Crippen LogP contribution in [0, 0.1) is 13.8 Å². The van der Waals surface area contributed by atoms with Crippen molar-refractivity contribution >= 4 is 29.0 Å². The van der Waals surface area contributed by atoms with Gasteiger partial charge in [0.2, 0.25) is 0 Å². The second kappa shape index (κ2) is 7.92. The van der Waals surface area contributed by atoms with Crippen LogP contribution in [0.5, 0.6) is 0 Å². The van der Waals surface area contributed by atoms with Gasteiger partial charge in [-0.25, -0.2) is 4.68 Å². The molecule has 2 atom stereocenters. The summed E-state index contributed by atoms with van der Waals surface area (Å²) in [6.45, 7) is 3.66. The molecule has 0 saturated carbocycles. The highest BCUT2D eigenvalue weighted by molar-refractivity contribution is 6.31. The van der Waals surface area contributed by atoms with Gasteiger partial charge in [-0.15, -0.1) is 0 Å². The number of nitrogens with one attached hydrogen (secondary N) is 2. The molecule has 3 aromatic rings. The van der Waals surface area contributed by atoms with E-state index in [1.165, 1.54) is 0 Å². The third-order valence-corrected chi connectivity index (χ3v) is 5.89. The molecule has 2 N–H and O–H groups in total. The first-order chi connectivity index (χ1) is 14.6. The summed E-state index contributed by atoms with van der Waals surface area (Å²) in [7, 11) is 0. The standard InChI is InChI=1S/C22H20ClF3N4O/c1-12-6-8-14(9-7-12)18-10-19(22(24,25)26)30-20(28-18)15(11-27-30)21(31)29-17-5-3-4-16(23)13(17)2/h3-9,11,18-19,28H,10H2,1-2H3,(H,29,31)/t18-,19-/m0/s1. The number of carbonyl (C=O) groups is 1. The third-order valence-electron chi connectivity index (χ3n) is 5.48. The summed E-state index contributed by atoms with van der Waals surface area (Å²) in [6, 6.07) is 9.88. The fourth-order valence-electron chi connectivity index (χ4n) is 3.68. The summed E-state index contributed by atoms with van der Waals surface area (Å²) in [6.07, 6.45) is -3.58. The minimum Gasteiger partial charge on any atom is -0.363 e. The largest absolute Gasteiger partial charge is 0.410 e. The SMILES string of the molecule is Cc1ccc([C@@H]2C[C@@H](C(F)(F)F)n3ncc(C(=O)Nc4cccc(Cl)c4C)c3N2)cc1. The number of hydrogen-bond acceptors (Lipinski definition) is 3. The topological polar surface area (TPSA) is 59.0 Å². The van der Waals surface area contributed by atoms with Gasteiger partial charge in [-0.05, 0) is 37.1 Å². The zero-order valence-corrected chi connectivity index (χ0v) is 17.6. The van der Waals surface area contributed by atoms with Crippen LogP contribution in [0.2, 0.25) is 5.02 Å². The molecule has 0 bridgehead atoms. The van der Waals surface area contributed by atoms with Crippen molar-refractivity contribution in [2.75, 3.05) is 10.6 Å². The molecule has 0 unspecified atom stereocenters. The number of amides is 1. The Hall–Kier alpha value is -3.00. The van der Waals surface area contributed by atoms with Gasteiger partial charge in [0.15, 0.2) is 6.04 Å². The molecule has 162 valence electrons. The van der Waals surface area contributed by atoms with Crippen molar-refractivity contribution < 1.29 is 18.0 Å². The van der Waals surface area contributed by atoms with Crippen LogP contribution in [0.1, 0.15) is 45.6 Å². The van der Waals surface area contributed by atoms with E-state index < -0.39 is 24.2 Å². The van der Waals surface area contributed by atoms with Crippen molar-refractivity contribution in [2.24, 2.45) is 0 Å². The first-order valence-electron chi connectivity index (χ1n) is 9.69. The molecular weight excluding hydrogens is 429 g/mol. The number of hydrogen-bond donors (Lipinski definition) is 2. The Labute approximate surface area is 182 Å². The lowest BCUT2D eigenvalue weighted by Crippen LogP contribution is -2.36. The molecule has 31 heavy (non-hydrogen) atoms. The van der Waals surface area contributed by atoms with Crippen LogP contribution in [0.15, 0.2) is 48.7 Å². The van der Waals surface area contributed by atoms with Crippen molar-refractivity contribution in [3.63, 3.8) is 0 Å². The van der Waals surface area contributed by atoms with Crippen molar-refractivity contribution in [2.45, 2.75) is 38.5 Å². The predicted molar refractivity (Wildman–Crippen MR) is 114 cm³/mol. The summed E-state index contributed by atoms with van der Waals surface area (Å²) in [5.74, 6) is -0.527. The van der Waals surface area contributed by atoms with E-state index in [2.05, 4.69) is 15.7 Å². The highest BCUT2D eigenvalue weighted by Crippen LogP contribution is 2.44. The summed E-state index contributed by atoms with van der Waals surface area (Å²) in [5.41, 5.74) is 2.90. The molecule has 1 aliphatic rings. The van der Waals surface area contributed by atoms with Crippen molar-refractivity contribution in [3.05, 3.63) is 75.9 Å². The van der Waals surface area contributed by atoms with Gasteiger partial charge in [0, 0.05) is 17.1 Å². The Morgan fingerprint density at radius 3 is 2.58 bits per heavy atom. The molecule has 5 nitrogen and oxygen atoms in total. The first-order valence-corrected chi connectivity index (χ1v) is 10.1. The third kappa shape index (κ3) is 4.12. The monoisotopic (exact) mass is 448 g/mol. The van der Waals surface area contributed by atoms with Gasteiger partial charge in [0.05, 0.1) is 12.2 Å². The van der Waals surface area contributed by atoms with E-state index in [1.54, 1.807) is 37.3 Å². The Morgan fingerprint density at radius 1 is 1.19 bits per heavy atom. The van der Waals surface area contributed by atoms with Crippen molar-refractivity contribution in [1.82, 2.24) is 9.78 Å². The maximum atomic E-state index is 13.8. The zero-order valence-electron chi connectivity index (χ0n) is 16.8. The van der Waals surface area contributed by atoms with Gasteiger partial charge >= 0.3 is 6.18 Å². The average Bonchev–Trinajstić information content (AvgIpc) is 3.14. The molecule has 4 rings (SSSR count). The maximum absolute atomic E-state index is 13.8. The zero-order chi connectivity index (χ0) is 22.3. The normalized spacial score (nSPS) is 18.3. The molecule has 0 fully saturated rings. The van der Waals surface area contributed by atoms with E-state index in [-0.39, 0.29) is 17.8 Å². The average molecular weight is 449 g/mol. The van der Waals surface area contributed by atoms with Crippen LogP contribution in [-0.2, 0) is 0 Å². The molecule has 0 aliphatic carbocycles. The van der Waals surface area contributed by atoms with Crippen LogP contribution >= 0.6 is 11.6 Å². The molecule has 0 spiro atoms. The van der Waals surface area contributed by atoms with E-state index in [0.717, 1.165) is 16.4 Å². The molecule has 1 aliphatic heterocycles. The van der Waals surface area contributed by atoms with Gasteiger partial charge in [0.1, 0.15) is 11.4 Å². The highest BCUT2D eigenvalue weighted by Gasteiger charge is 2.47. The second-order valence-corrected chi connectivity index (χ2v) is 8.03. The number of fused-ring (bicyclic) bond motifs is 1. The number of nitrogens with zero attached hydrogens (tertiary/aromatic N) is 2. The molecule has 2 aromatic carbocycles. The van der Waals surface area contributed by atoms with Gasteiger partial charge in [0.25, 0.3) is 5.91 Å². The van der Waals surface area contributed by atoms with Crippen LogP contribution in [0.4, 0.5) is 24.7 Å². The molecule has 0 radical (unpaired) electrons. The molecule has 1 aromatic heterocycles. The number of aromatic nitrogens is 2. The van der Waals surface area contributed by atoms with E-state index >= 15 is 0 Å². The first kappa shape index (κ1) is 21.2. The number of aryl methyl sites for hydroxylation is 1. The highest BCUT2D eigenvalue weighted by atomic mass is 35.5. The summed E-state index contributed by atoms with van der Waals surface area (Å²) in [5, 5.41) is 10.2. The summed E-state index contributed by atoms with van der Waals surface area (Å²) >= 11 is 6.10. The molecule has 1 amide bonds. The van der Waals surface area contributed by atoms with Crippen LogP contribution in [0.3, 0.4) is 0 Å². The Bertz CT molecular complexity index is 1120. The molecule has 9 heteroatoms. The van der Waals surface area contributed by atoms with Gasteiger partial charge in [-0.3, -0.25) is 4.79 Å². The van der Waals surface area contributed by atoms with Gasteiger partial charge in [-0.2, -0.15) is 18.3 Å². The van der Waals surface area contributed by atoms with E-state index in [4.69, 9.17) is 11.6 Å². The van der Waals surface area contributed by atoms with E-state index in [0.29, 0.717) is 21.8 Å². The van der Waals surface area contributed by atoms with Crippen LogP contribution < -0.4 is 10.6 Å².